The molecule has 1 aliphatic carbocycles. The van der Waals surface area contributed by atoms with E-state index >= 15 is 0 Å². The van der Waals surface area contributed by atoms with Gasteiger partial charge >= 0.3 is 0 Å². The van der Waals surface area contributed by atoms with Crippen molar-refractivity contribution in [1.29, 1.82) is 0 Å². The Hall–Kier alpha value is -0.410. The van der Waals surface area contributed by atoms with Crippen LogP contribution in [-0.2, 0) is 4.79 Å². The van der Waals surface area contributed by atoms with Crippen LogP contribution in [0.3, 0.4) is 0 Å². The average Bonchev–Trinajstić information content (AvgIpc) is 2.54. The summed E-state index contributed by atoms with van der Waals surface area (Å²) >= 11 is 0. The van der Waals surface area contributed by atoms with Gasteiger partial charge in [-0.05, 0) is 6.42 Å². The van der Waals surface area contributed by atoms with E-state index in [0.29, 0.717) is 11.8 Å². The van der Waals surface area contributed by atoms with Crippen molar-refractivity contribution in [3.8, 4) is 0 Å². The second-order valence-electron chi connectivity index (χ2n) is 3.72. The van der Waals surface area contributed by atoms with Crippen LogP contribution in [0.1, 0.15) is 19.3 Å². The van der Waals surface area contributed by atoms with E-state index in [0.717, 1.165) is 45.4 Å². The van der Waals surface area contributed by atoms with Crippen LogP contribution in [0.5, 0.6) is 0 Å². The molecule has 3 heteroatoms. The second kappa shape index (κ2) is 3.54. The van der Waals surface area contributed by atoms with Gasteiger partial charge in [-0.1, -0.05) is 0 Å². The van der Waals surface area contributed by atoms with Crippen molar-refractivity contribution in [3.05, 3.63) is 0 Å². The van der Waals surface area contributed by atoms with Gasteiger partial charge in [-0.3, -0.25) is 9.69 Å². The molecule has 2 fully saturated rings. The zero-order valence-corrected chi connectivity index (χ0v) is 7.38. The topological polar surface area (TPSA) is 32.3 Å². The fourth-order valence-corrected chi connectivity index (χ4v) is 2.15. The SMILES string of the molecule is O=C1CCC(N2CCNCC2)C1. The number of nitrogens with one attached hydrogen (secondary N) is 1. The standard InChI is InChI=1S/C9H16N2O/c12-9-2-1-8(7-9)11-5-3-10-4-6-11/h8,10H,1-7H2. The first kappa shape index (κ1) is 8.20. The summed E-state index contributed by atoms with van der Waals surface area (Å²) in [4.78, 5) is 13.5. The molecule has 68 valence electrons. The molecular formula is C9H16N2O. The molecule has 3 nitrogen and oxygen atoms in total. The van der Waals surface area contributed by atoms with Gasteiger partial charge in [0.15, 0.2) is 0 Å². The zero-order chi connectivity index (χ0) is 8.39. The molecule has 0 spiro atoms. The number of hydrogen-bond donors (Lipinski definition) is 1. The molecular weight excluding hydrogens is 152 g/mol. The third-order valence-electron chi connectivity index (χ3n) is 2.89. The molecule has 2 aliphatic rings. The van der Waals surface area contributed by atoms with Gasteiger partial charge in [0.25, 0.3) is 0 Å². The quantitative estimate of drug-likeness (QED) is 0.599. The molecule has 0 bridgehead atoms. The highest BCUT2D eigenvalue weighted by Crippen LogP contribution is 2.20. The highest BCUT2D eigenvalue weighted by molar-refractivity contribution is 5.81. The molecule has 12 heavy (non-hydrogen) atoms. The fourth-order valence-electron chi connectivity index (χ4n) is 2.15. The van der Waals surface area contributed by atoms with Crippen molar-refractivity contribution >= 4 is 5.78 Å². The molecule has 1 unspecified atom stereocenters. The lowest BCUT2D eigenvalue weighted by Gasteiger charge is -2.32. The third kappa shape index (κ3) is 1.67. The number of carbonyl (C=O) groups excluding carboxylic acids is 1. The number of carbonyl (C=O) groups is 1. The average molecular weight is 168 g/mol. The summed E-state index contributed by atoms with van der Waals surface area (Å²) in [7, 11) is 0. The van der Waals surface area contributed by atoms with Gasteiger partial charge in [-0.2, -0.15) is 0 Å². The molecule has 0 aromatic rings. The maximum Gasteiger partial charge on any atom is 0.134 e. The fraction of sp³-hybridized carbons (Fsp3) is 0.889. The molecule has 1 atom stereocenters. The van der Waals surface area contributed by atoms with Gasteiger partial charge in [0.1, 0.15) is 5.78 Å². The van der Waals surface area contributed by atoms with Crippen LogP contribution in [0, 0.1) is 0 Å². The van der Waals surface area contributed by atoms with Crippen LogP contribution in [-0.4, -0.2) is 42.9 Å². The number of ketones is 1. The molecule has 1 saturated carbocycles. The molecule has 1 saturated heterocycles. The normalized spacial score (nSPS) is 32.7. The maximum atomic E-state index is 11.1. The lowest BCUT2D eigenvalue weighted by Crippen LogP contribution is -2.47. The third-order valence-corrected chi connectivity index (χ3v) is 2.89. The molecule has 1 heterocycles. The van der Waals surface area contributed by atoms with Crippen molar-refractivity contribution in [1.82, 2.24) is 10.2 Å². The van der Waals surface area contributed by atoms with E-state index in [1.807, 2.05) is 0 Å². The molecule has 0 radical (unpaired) electrons. The van der Waals surface area contributed by atoms with Gasteiger partial charge in [-0.15, -0.1) is 0 Å². The first-order chi connectivity index (χ1) is 5.86. The van der Waals surface area contributed by atoms with Crippen LogP contribution in [0.15, 0.2) is 0 Å². The van der Waals surface area contributed by atoms with Crippen LogP contribution < -0.4 is 5.32 Å². The number of hydrogen-bond acceptors (Lipinski definition) is 3. The van der Waals surface area contributed by atoms with E-state index in [9.17, 15) is 4.79 Å². The Kier molecular flexibility index (Phi) is 2.42. The van der Waals surface area contributed by atoms with E-state index in [-0.39, 0.29) is 0 Å². The number of Topliss-reactive ketones (excluding diaryl/α,β-unsaturated/α-hetero) is 1. The molecule has 1 aliphatic heterocycles. The highest BCUT2D eigenvalue weighted by Gasteiger charge is 2.27. The summed E-state index contributed by atoms with van der Waals surface area (Å²) < 4.78 is 0. The van der Waals surface area contributed by atoms with E-state index in [1.54, 1.807) is 0 Å². The van der Waals surface area contributed by atoms with Crippen LogP contribution in [0.25, 0.3) is 0 Å². The van der Waals surface area contributed by atoms with E-state index in [1.165, 1.54) is 0 Å². The summed E-state index contributed by atoms with van der Waals surface area (Å²) in [6.45, 7) is 4.42. The van der Waals surface area contributed by atoms with E-state index in [2.05, 4.69) is 10.2 Å². The monoisotopic (exact) mass is 168 g/mol. The summed E-state index contributed by atoms with van der Waals surface area (Å²) in [6, 6.07) is 0.569. The minimum Gasteiger partial charge on any atom is -0.314 e. The molecule has 0 aromatic heterocycles. The first-order valence-corrected chi connectivity index (χ1v) is 4.83. The second-order valence-corrected chi connectivity index (χ2v) is 3.72. The Balaban J connectivity index is 1.86. The number of piperazine rings is 1. The molecule has 2 rings (SSSR count). The van der Waals surface area contributed by atoms with E-state index < -0.39 is 0 Å². The lowest BCUT2D eigenvalue weighted by molar-refractivity contribution is -0.117. The van der Waals surface area contributed by atoms with Crippen molar-refractivity contribution in [2.24, 2.45) is 0 Å². The van der Waals surface area contributed by atoms with Gasteiger partial charge in [0.2, 0.25) is 0 Å². The zero-order valence-electron chi connectivity index (χ0n) is 7.38. The summed E-state index contributed by atoms with van der Waals surface area (Å²) in [6.07, 6.45) is 2.72. The summed E-state index contributed by atoms with van der Waals surface area (Å²) in [5.74, 6) is 0.457. The number of nitrogens with zero attached hydrogens (tertiary/aromatic N) is 1. The van der Waals surface area contributed by atoms with E-state index in [4.69, 9.17) is 0 Å². The first-order valence-electron chi connectivity index (χ1n) is 4.83. The van der Waals surface area contributed by atoms with Crippen molar-refractivity contribution < 1.29 is 4.79 Å². The van der Waals surface area contributed by atoms with Gasteiger partial charge in [0.05, 0.1) is 0 Å². The number of rotatable bonds is 1. The van der Waals surface area contributed by atoms with Crippen molar-refractivity contribution in [3.63, 3.8) is 0 Å². The minimum atomic E-state index is 0.457. The Morgan fingerprint density at radius 1 is 1.33 bits per heavy atom. The highest BCUT2D eigenvalue weighted by atomic mass is 16.1. The maximum absolute atomic E-state index is 11.1. The van der Waals surface area contributed by atoms with Crippen molar-refractivity contribution in [2.45, 2.75) is 25.3 Å². The predicted octanol–water partition coefficient (Wildman–Crippen LogP) is 0.0132. The summed E-state index contributed by atoms with van der Waals surface area (Å²) in [5, 5.41) is 3.32. The lowest BCUT2D eigenvalue weighted by atomic mass is 10.2. The van der Waals surface area contributed by atoms with Crippen LogP contribution in [0.2, 0.25) is 0 Å². The molecule has 1 N–H and O–H groups in total. The van der Waals surface area contributed by atoms with Crippen molar-refractivity contribution in [2.75, 3.05) is 26.2 Å². The van der Waals surface area contributed by atoms with Crippen LogP contribution >= 0.6 is 0 Å². The Morgan fingerprint density at radius 3 is 2.67 bits per heavy atom. The van der Waals surface area contributed by atoms with Gasteiger partial charge < -0.3 is 5.32 Å². The molecule has 0 aromatic carbocycles. The van der Waals surface area contributed by atoms with Crippen LogP contribution in [0.4, 0.5) is 0 Å². The predicted molar refractivity (Wildman–Crippen MR) is 47.1 cm³/mol. The Labute approximate surface area is 73.1 Å². The van der Waals surface area contributed by atoms with Gasteiger partial charge in [0, 0.05) is 45.1 Å². The molecule has 0 amide bonds. The largest absolute Gasteiger partial charge is 0.314 e. The summed E-state index contributed by atoms with van der Waals surface area (Å²) in [5.41, 5.74) is 0. The van der Waals surface area contributed by atoms with Gasteiger partial charge in [-0.25, -0.2) is 0 Å². The smallest absolute Gasteiger partial charge is 0.134 e. The Bertz CT molecular complexity index is 175. The minimum absolute atomic E-state index is 0.457. The Morgan fingerprint density at radius 2 is 2.08 bits per heavy atom.